The highest BCUT2D eigenvalue weighted by Gasteiger charge is 2.20. The molecule has 1 aliphatic heterocycles. The van der Waals surface area contributed by atoms with E-state index in [2.05, 4.69) is 13.0 Å². The number of hydrogen-bond acceptors (Lipinski definition) is 3. The minimum atomic E-state index is 0.0934. The van der Waals surface area contributed by atoms with Crippen molar-refractivity contribution in [3.8, 4) is 5.75 Å². The lowest BCUT2D eigenvalue weighted by molar-refractivity contribution is -0.127. The molecule has 2 heterocycles. The SMILES string of the molecule is CCOc1cc2occ(C)c2cc1/C(C)=C/C(=O)N1CCC(C)CC1. The molecule has 0 aliphatic carbocycles. The summed E-state index contributed by atoms with van der Waals surface area (Å²) < 4.78 is 11.4. The first kappa shape index (κ1) is 17.6. The van der Waals surface area contributed by atoms with Gasteiger partial charge in [0.25, 0.3) is 0 Å². The predicted molar refractivity (Wildman–Crippen MR) is 101 cm³/mol. The van der Waals surface area contributed by atoms with Crippen LogP contribution in [0.4, 0.5) is 0 Å². The molecule has 25 heavy (non-hydrogen) atoms. The first-order chi connectivity index (χ1) is 12.0. The van der Waals surface area contributed by atoms with E-state index < -0.39 is 0 Å². The van der Waals surface area contributed by atoms with Crippen molar-refractivity contribution in [1.29, 1.82) is 0 Å². The summed E-state index contributed by atoms with van der Waals surface area (Å²) in [5, 5.41) is 1.06. The Balaban J connectivity index is 1.91. The fraction of sp³-hybridized carbons (Fsp3) is 0.476. The summed E-state index contributed by atoms with van der Waals surface area (Å²) in [5.41, 5.74) is 3.78. The Bertz CT molecular complexity index is 795. The molecule has 0 N–H and O–H groups in total. The van der Waals surface area contributed by atoms with E-state index in [0.717, 1.165) is 59.3 Å². The van der Waals surface area contributed by atoms with Crippen molar-refractivity contribution in [1.82, 2.24) is 4.90 Å². The van der Waals surface area contributed by atoms with Crippen LogP contribution in [-0.2, 0) is 4.79 Å². The Kier molecular flexibility index (Phi) is 5.16. The van der Waals surface area contributed by atoms with Crippen molar-refractivity contribution in [2.75, 3.05) is 19.7 Å². The summed E-state index contributed by atoms with van der Waals surface area (Å²) in [6.45, 7) is 10.5. The van der Waals surface area contributed by atoms with Gasteiger partial charge in [-0.25, -0.2) is 0 Å². The highest BCUT2D eigenvalue weighted by Crippen LogP contribution is 2.33. The van der Waals surface area contributed by atoms with Gasteiger partial charge in [-0.15, -0.1) is 0 Å². The highest BCUT2D eigenvalue weighted by atomic mass is 16.5. The van der Waals surface area contributed by atoms with Gasteiger partial charge in [-0.3, -0.25) is 4.79 Å². The van der Waals surface area contributed by atoms with Crippen LogP contribution in [0.5, 0.6) is 5.75 Å². The standard InChI is InChI=1S/C21H27NO3/c1-5-24-19-12-20-18(16(4)13-25-20)11-17(19)15(3)10-21(23)22-8-6-14(2)7-9-22/h10-14H,5-9H2,1-4H3/b15-10+. The molecule has 0 bridgehead atoms. The number of ether oxygens (including phenoxy) is 1. The third-order valence-electron chi connectivity index (χ3n) is 5.03. The third kappa shape index (κ3) is 3.73. The zero-order chi connectivity index (χ0) is 18.0. The van der Waals surface area contributed by atoms with Gasteiger partial charge in [-0.05, 0) is 56.7 Å². The van der Waals surface area contributed by atoms with Gasteiger partial charge in [0.05, 0.1) is 12.9 Å². The zero-order valence-electron chi connectivity index (χ0n) is 15.6. The first-order valence-electron chi connectivity index (χ1n) is 9.11. The molecule has 0 unspecified atom stereocenters. The average molecular weight is 341 g/mol. The van der Waals surface area contributed by atoms with E-state index in [9.17, 15) is 4.79 Å². The van der Waals surface area contributed by atoms with E-state index in [4.69, 9.17) is 9.15 Å². The molecule has 0 saturated carbocycles. The minimum Gasteiger partial charge on any atom is -0.493 e. The number of aryl methyl sites for hydroxylation is 1. The molecule has 1 aliphatic rings. The molecule has 134 valence electrons. The summed E-state index contributed by atoms with van der Waals surface area (Å²) in [6, 6.07) is 3.99. The maximum atomic E-state index is 12.6. The number of carbonyl (C=O) groups excluding carboxylic acids is 1. The lowest BCUT2D eigenvalue weighted by Gasteiger charge is -2.29. The van der Waals surface area contributed by atoms with Crippen LogP contribution in [0, 0.1) is 12.8 Å². The average Bonchev–Trinajstić information content (AvgIpc) is 2.95. The van der Waals surface area contributed by atoms with Gasteiger partial charge in [-0.2, -0.15) is 0 Å². The van der Waals surface area contributed by atoms with Crippen LogP contribution in [-0.4, -0.2) is 30.5 Å². The number of hydrogen-bond donors (Lipinski definition) is 0. The van der Waals surface area contributed by atoms with Crippen LogP contribution in [0.2, 0.25) is 0 Å². The lowest BCUT2D eigenvalue weighted by atomic mass is 9.98. The van der Waals surface area contributed by atoms with Crippen LogP contribution in [0.3, 0.4) is 0 Å². The Morgan fingerprint density at radius 2 is 2.08 bits per heavy atom. The van der Waals surface area contributed by atoms with E-state index >= 15 is 0 Å². The van der Waals surface area contributed by atoms with Crippen molar-refractivity contribution in [3.63, 3.8) is 0 Å². The molecule has 1 aromatic heterocycles. The lowest BCUT2D eigenvalue weighted by Crippen LogP contribution is -2.36. The summed E-state index contributed by atoms with van der Waals surface area (Å²) >= 11 is 0. The maximum absolute atomic E-state index is 12.6. The molecule has 1 fully saturated rings. The number of allylic oxidation sites excluding steroid dienone is 1. The maximum Gasteiger partial charge on any atom is 0.246 e. The number of nitrogens with zero attached hydrogens (tertiary/aromatic N) is 1. The van der Waals surface area contributed by atoms with Crippen molar-refractivity contribution in [3.05, 3.63) is 35.6 Å². The van der Waals surface area contributed by atoms with Crippen LogP contribution < -0.4 is 4.74 Å². The van der Waals surface area contributed by atoms with Crippen molar-refractivity contribution in [2.24, 2.45) is 5.92 Å². The number of benzene rings is 1. The second-order valence-electron chi connectivity index (χ2n) is 7.03. The first-order valence-corrected chi connectivity index (χ1v) is 9.11. The number of carbonyl (C=O) groups is 1. The Morgan fingerprint density at radius 3 is 2.76 bits per heavy atom. The summed E-state index contributed by atoms with van der Waals surface area (Å²) in [6.07, 6.45) is 5.67. The molecule has 4 nitrogen and oxygen atoms in total. The zero-order valence-corrected chi connectivity index (χ0v) is 15.6. The minimum absolute atomic E-state index is 0.0934. The number of piperidine rings is 1. The third-order valence-corrected chi connectivity index (χ3v) is 5.03. The molecule has 1 saturated heterocycles. The van der Waals surface area contributed by atoms with Crippen LogP contribution in [0.15, 0.2) is 28.9 Å². The molecule has 0 radical (unpaired) electrons. The topological polar surface area (TPSA) is 42.7 Å². The van der Waals surface area contributed by atoms with Gasteiger partial charge in [0.2, 0.25) is 5.91 Å². The van der Waals surface area contributed by atoms with Gasteiger partial charge >= 0.3 is 0 Å². The Labute approximate surface area is 149 Å². The second kappa shape index (κ2) is 7.34. The summed E-state index contributed by atoms with van der Waals surface area (Å²) in [7, 11) is 0. The molecule has 2 aromatic rings. The smallest absolute Gasteiger partial charge is 0.246 e. The van der Waals surface area contributed by atoms with Crippen LogP contribution in [0.1, 0.15) is 44.7 Å². The fourth-order valence-electron chi connectivity index (χ4n) is 3.35. The molecule has 1 aromatic carbocycles. The van der Waals surface area contributed by atoms with E-state index in [1.807, 2.05) is 31.7 Å². The largest absolute Gasteiger partial charge is 0.493 e. The number of likely N-dealkylation sites (tertiary alicyclic amines) is 1. The summed E-state index contributed by atoms with van der Waals surface area (Å²) in [5.74, 6) is 1.57. The molecule has 0 atom stereocenters. The monoisotopic (exact) mass is 341 g/mol. The van der Waals surface area contributed by atoms with Gasteiger partial charge in [0.15, 0.2) is 0 Å². The quantitative estimate of drug-likeness (QED) is 0.750. The van der Waals surface area contributed by atoms with Crippen LogP contribution in [0.25, 0.3) is 16.5 Å². The van der Waals surface area contributed by atoms with Crippen molar-refractivity contribution in [2.45, 2.75) is 40.5 Å². The number of amides is 1. The molecule has 0 spiro atoms. The molecule has 3 rings (SSSR count). The molecular weight excluding hydrogens is 314 g/mol. The Morgan fingerprint density at radius 1 is 1.36 bits per heavy atom. The van der Waals surface area contributed by atoms with Gasteiger partial charge in [-0.1, -0.05) is 6.92 Å². The molecular formula is C21H27NO3. The van der Waals surface area contributed by atoms with Crippen LogP contribution >= 0.6 is 0 Å². The summed E-state index contributed by atoms with van der Waals surface area (Å²) in [4.78, 5) is 14.6. The van der Waals surface area contributed by atoms with Crippen molar-refractivity contribution >= 4 is 22.4 Å². The van der Waals surface area contributed by atoms with Gasteiger partial charge in [0.1, 0.15) is 11.3 Å². The van der Waals surface area contributed by atoms with Gasteiger partial charge < -0.3 is 14.1 Å². The number of furan rings is 1. The Hall–Kier alpha value is -2.23. The number of fused-ring (bicyclic) bond motifs is 1. The van der Waals surface area contributed by atoms with Gasteiger partial charge in [0, 0.05) is 36.2 Å². The fourth-order valence-corrected chi connectivity index (χ4v) is 3.35. The van der Waals surface area contributed by atoms with E-state index in [1.165, 1.54) is 0 Å². The van der Waals surface area contributed by atoms with E-state index in [0.29, 0.717) is 12.5 Å². The van der Waals surface area contributed by atoms with E-state index in [1.54, 1.807) is 12.3 Å². The number of rotatable bonds is 4. The molecule has 4 heteroatoms. The predicted octanol–water partition coefficient (Wildman–Crippen LogP) is 4.80. The normalized spacial score (nSPS) is 16.5. The molecule has 1 amide bonds. The second-order valence-corrected chi connectivity index (χ2v) is 7.03. The highest BCUT2D eigenvalue weighted by molar-refractivity contribution is 5.97. The van der Waals surface area contributed by atoms with Crippen molar-refractivity contribution < 1.29 is 13.9 Å². The van der Waals surface area contributed by atoms with E-state index in [-0.39, 0.29) is 5.91 Å².